The molecular formula is C31H35N5O3S. The second-order valence-corrected chi connectivity index (χ2v) is 10.9. The molecule has 1 aromatic heterocycles. The molecule has 9 heteroatoms. The SMILES string of the molecule is CNCc1ccccc1Sc1cccc(C(C)Nc2nc(C)nc3cc(C(=O)N4CCOCC4)c(OC)cc23)c1. The van der Waals surface area contributed by atoms with Crippen molar-refractivity contribution < 1.29 is 14.3 Å². The molecule has 1 aliphatic heterocycles. The number of hydrogen-bond donors (Lipinski definition) is 2. The van der Waals surface area contributed by atoms with E-state index in [0.29, 0.717) is 54.8 Å². The largest absolute Gasteiger partial charge is 0.496 e. The second-order valence-electron chi connectivity index (χ2n) is 9.77. The topological polar surface area (TPSA) is 88.6 Å². The Morgan fingerprint density at radius 1 is 1.10 bits per heavy atom. The van der Waals surface area contributed by atoms with E-state index in [0.717, 1.165) is 17.5 Å². The maximum atomic E-state index is 13.3. The number of morpholine rings is 1. The maximum absolute atomic E-state index is 13.3. The number of aryl methyl sites for hydroxylation is 1. The Bertz CT molecular complexity index is 1510. The number of anilines is 1. The van der Waals surface area contributed by atoms with Gasteiger partial charge in [0, 0.05) is 34.8 Å². The molecule has 1 saturated heterocycles. The molecular weight excluding hydrogens is 522 g/mol. The van der Waals surface area contributed by atoms with Gasteiger partial charge < -0.3 is 25.0 Å². The predicted octanol–water partition coefficient (Wildman–Crippen LogP) is 5.46. The molecule has 3 aromatic carbocycles. The van der Waals surface area contributed by atoms with Crippen molar-refractivity contribution in [3.05, 3.63) is 83.2 Å². The molecule has 0 radical (unpaired) electrons. The molecule has 0 aliphatic carbocycles. The Hall–Kier alpha value is -3.66. The third-order valence-electron chi connectivity index (χ3n) is 6.94. The molecule has 208 valence electrons. The number of aromatic nitrogens is 2. The molecule has 1 fully saturated rings. The molecule has 1 atom stereocenters. The zero-order valence-electron chi connectivity index (χ0n) is 23.4. The molecule has 1 unspecified atom stereocenters. The first-order chi connectivity index (χ1) is 19.5. The normalized spacial score (nSPS) is 14.2. The Morgan fingerprint density at radius 3 is 2.67 bits per heavy atom. The van der Waals surface area contributed by atoms with Gasteiger partial charge >= 0.3 is 0 Å². The van der Waals surface area contributed by atoms with Crippen LogP contribution in [0.3, 0.4) is 0 Å². The van der Waals surface area contributed by atoms with Gasteiger partial charge in [-0.05, 0) is 62.4 Å². The molecule has 1 aliphatic rings. The van der Waals surface area contributed by atoms with Gasteiger partial charge in [-0.25, -0.2) is 9.97 Å². The number of methoxy groups -OCH3 is 1. The smallest absolute Gasteiger partial charge is 0.257 e. The summed E-state index contributed by atoms with van der Waals surface area (Å²) in [6, 6.07) is 20.7. The number of carbonyl (C=O) groups excluding carboxylic acids is 1. The van der Waals surface area contributed by atoms with E-state index in [1.54, 1.807) is 23.8 Å². The molecule has 8 nitrogen and oxygen atoms in total. The van der Waals surface area contributed by atoms with Crippen molar-refractivity contribution in [2.75, 3.05) is 45.8 Å². The minimum atomic E-state index is -0.0770. The summed E-state index contributed by atoms with van der Waals surface area (Å²) in [6.07, 6.45) is 0. The quantitative estimate of drug-likeness (QED) is 0.280. The van der Waals surface area contributed by atoms with Crippen LogP contribution >= 0.6 is 11.8 Å². The lowest BCUT2D eigenvalue weighted by atomic mass is 10.1. The van der Waals surface area contributed by atoms with Crippen molar-refractivity contribution in [2.45, 2.75) is 36.2 Å². The Balaban J connectivity index is 1.42. The van der Waals surface area contributed by atoms with Gasteiger partial charge in [-0.15, -0.1) is 0 Å². The molecule has 0 spiro atoms. The standard InChI is InChI=1S/C31H35N5O3S/c1-20(22-9-7-10-24(16-22)40-29-11-6-5-8-23(29)19-32-3)33-30-25-18-28(38-4)26(17-27(25)34-21(2)35-30)31(37)36-12-14-39-15-13-36/h5-11,16-18,20,32H,12-15,19H2,1-4H3,(H,33,34,35). The first-order valence-electron chi connectivity index (χ1n) is 13.5. The molecule has 1 amide bonds. The first kappa shape index (κ1) is 27.9. The van der Waals surface area contributed by atoms with E-state index < -0.39 is 0 Å². The average Bonchev–Trinajstić information content (AvgIpc) is 2.98. The third-order valence-corrected chi connectivity index (χ3v) is 8.04. The number of carbonyl (C=O) groups is 1. The van der Waals surface area contributed by atoms with E-state index >= 15 is 0 Å². The molecule has 40 heavy (non-hydrogen) atoms. The van der Waals surface area contributed by atoms with Crippen molar-refractivity contribution in [1.29, 1.82) is 0 Å². The highest BCUT2D eigenvalue weighted by Gasteiger charge is 2.24. The molecule has 2 N–H and O–H groups in total. The van der Waals surface area contributed by atoms with Crippen molar-refractivity contribution >= 4 is 34.4 Å². The zero-order valence-corrected chi connectivity index (χ0v) is 24.2. The van der Waals surface area contributed by atoms with Crippen LogP contribution in [0.4, 0.5) is 5.82 Å². The van der Waals surface area contributed by atoms with Crippen LogP contribution in [0.2, 0.25) is 0 Å². The maximum Gasteiger partial charge on any atom is 0.257 e. The number of benzene rings is 3. The van der Waals surface area contributed by atoms with E-state index in [4.69, 9.17) is 14.5 Å². The van der Waals surface area contributed by atoms with Crippen LogP contribution < -0.4 is 15.4 Å². The minimum absolute atomic E-state index is 0.0220. The number of ether oxygens (including phenoxy) is 2. The van der Waals surface area contributed by atoms with E-state index in [1.807, 2.05) is 26.1 Å². The fourth-order valence-corrected chi connectivity index (χ4v) is 5.87. The van der Waals surface area contributed by atoms with Gasteiger partial charge in [0.25, 0.3) is 5.91 Å². The van der Waals surface area contributed by atoms with Gasteiger partial charge in [-0.1, -0.05) is 42.1 Å². The minimum Gasteiger partial charge on any atom is -0.496 e. The fourth-order valence-electron chi connectivity index (χ4n) is 4.86. The van der Waals surface area contributed by atoms with E-state index in [9.17, 15) is 4.79 Å². The van der Waals surface area contributed by atoms with Crippen molar-refractivity contribution in [2.24, 2.45) is 0 Å². The number of hydrogen-bond acceptors (Lipinski definition) is 8. The van der Waals surface area contributed by atoms with Gasteiger partial charge in [0.2, 0.25) is 0 Å². The summed E-state index contributed by atoms with van der Waals surface area (Å²) >= 11 is 1.76. The zero-order chi connectivity index (χ0) is 28.1. The summed E-state index contributed by atoms with van der Waals surface area (Å²) < 4.78 is 11.1. The number of nitrogens with one attached hydrogen (secondary N) is 2. The third kappa shape index (κ3) is 6.22. The van der Waals surface area contributed by atoms with Crippen LogP contribution in [0.1, 0.15) is 40.3 Å². The van der Waals surface area contributed by atoms with Crippen LogP contribution in [0.25, 0.3) is 10.9 Å². The van der Waals surface area contributed by atoms with Crippen molar-refractivity contribution in [3.63, 3.8) is 0 Å². The highest BCUT2D eigenvalue weighted by molar-refractivity contribution is 7.99. The Labute approximate surface area is 239 Å². The molecule has 2 heterocycles. The lowest BCUT2D eigenvalue weighted by molar-refractivity contribution is 0.0301. The van der Waals surface area contributed by atoms with Gasteiger partial charge in [0.15, 0.2) is 0 Å². The van der Waals surface area contributed by atoms with Crippen LogP contribution in [0.5, 0.6) is 5.75 Å². The van der Waals surface area contributed by atoms with Crippen LogP contribution in [-0.4, -0.2) is 61.2 Å². The van der Waals surface area contributed by atoms with Crippen LogP contribution in [0, 0.1) is 6.92 Å². The molecule has 0 saturated carbocycles. The monoisotopic (exact) mass is 557 g/mol. The Morgan fingerprint density at radius 2 is 1.90 bits per heavy atom. The summed E-state index contributed by atoms with van der Waals surface area (Å²) in [5, 5.41) is 7.65. The van der Waals surface area contributed by atoms with E-state index in [1.165, 1.54) is 15.4 Å². The molecule has 0 bridgehead atoms. The lowest BCUT2D eigenvalue weighted by Crippen LogP contribution is -2.40. The highest BCUT2D eigenvalue weighted by Crippen LogP contribution is 2.34. The average molecular weight is 558 g/mol. The number of nitrogens with zero attached hydrogens (tertiary/aromatic N) is 3. The van der Waals surface area contributed by atoms with E-state index in [-0.39, 0.29) is 11.9 Å². The van der Waals surface area contributed by atoms with Gasteiger partial charge in [-0.3, -0.25) is 4.79 Å². The fraction of sp³-hybridized carbons (Fsp3) is 0.323. The number of rotatable bonds is 9. The highest BCUT2D eigenvalue weighted by atomic mass is 32.2. The molecule has 5 rings (SSSR count). The number of amides is 1. The van der Waals surface area contributed by atoms with Crippen molar-refractivity contribution in [1.82, 2.24) is 20.2 Å². The van der Waals surface area contributed by atoms with E-state index in [2.05, 4.69) is 71.1 Å². The van der Waals surface area contributed by atoms with Crippen LogP contribution in [-0.2, 0) is 11.3 Å². The molecule has 4 aromatic rings. The van der Waals surface area contributed by atoms with Gasteiger partial charge in [0.1, 0.15) is 17.4 Å². The van der Waals surface area contributed by atoms with Crippen LogP contribution in [0.15, 0.2) is 70.5 Å². The summed E-state index contributed by atoms with van der Waals surface area (Å²) in [7, 11) is 3.55. The van der Waals surface area contributed by atoms with Crippen molar-refractivity contribution in [3.8, 4) is 5.75 Å². The predicted molar refractivity (Wildman–Crippen MR) is 159 cm³/mol. The number of fused-ring (bicyclic) bond motifs is 1. The summed E-state index contributed by atoms with van der Waals surface area (Å²) in [4.78, 5) is 26.9. The lowest BCUT2D eigenvalue weighted by Gasteiger charge is -2.27. The first-order valence-corrected chi connectivity index (χ1v) is 14.3. The summed E-state index contributed by atoms with van der Waals surface area (Å²) in [5.74, 6) is 1.76. The second kappa shape index (κ2) is 12.7. The Kier molecular flexibility index (Phi) is 8.84. The van der Waals surface area contributed by atoms with Gasteiger partial charge in [-0.2, -0.15) is 0 Å². The summed E-state index contributed by atoms with van der Waals surface area (Å²) in [6.45, 7) is 7.01. The van der Waals surface area contributed by atoms with Gasteiger partial charge in [0.05, 0.1) is 37.4 Å². The summed E-state index contributed by atoms with van der Waals surface area (Å²) in [5.41, 5.74) is 3.61.